The quantitative estimate of drug-likeness (QED) is 0.404. The molecule has 212 valence electrons. The van der Waals surface area contributed by atoms with E-state index in [-0.39, 0.29) is 23.4 Å². The van der Waals surface area contributed by atoms with Gasteiger partial charge < -0.3 is 10.4 Å². The summed E-state index contributed by atoms with van der Waals surface area (Å²) in [6, 6.07) is 7.37. The molecule has 13 heteroatoms. The molecule has 1 amide bonds. The molecule has 0 aliphatic carbocycles. The number of amides is 1. The molecule has 0 spiro atoms. The molecule has 1 fully saturated rings. The molecule has 2 aliphatic heterocycles. The molecule has 5 rings (SSSR count). The highest BCUT2D eigenvalue weighted by molar-refractivity contribution is 6.32. The molecule has 2 aromatic carbocycles. The van der Waals surface area contributed by atoms with E-state index in [4.69, 9.17) is 11.6 Å². The summed E-state index contributed by atoms with van der Waals surface area (Å²) in [5.41, 5.74) is 7.04. The lowest BCUT2D eigenvalue weighted by Crippen LogP contribution is -2.49. The number of nitrogens with zero attached hydrogens (tertiary/aromatic N) is 5. The fourth-order valence-electron chi connectivity index (χ4n) is 4.78. The first-order valence-electron chi connectivity index (χ1n) is 12.5. The number of benzene rings is 2. The number of anilines is 2. The third kappa shape index (κ3) is 5.39. The molecule has 9 nitrogen and oxygen atoms in total. The van der Waals surface area contributed by atoms with Crippen LogP contribution in [0.4, 0.5) is 24.5 Å². The van der Waals surface area contributed by atoms with Gasteiger partial charge in [-0.3, -0.25) is 24.8 Å². The van der Waals surface area contributed by atoms with E-state index in [0.717, 1.165) is 28.6 Å². The lowest BCUT2D eigenvalue weighted by molar-refractivity contribution is -0.137. The van der Waals surface area contributed by atoms with Crippen molar-refractivity contribution in [2.24, 2.45) is 7.05 Å². The van der Waals surface area contributed by atoms with Crippen LogP contribution in [0.1, 0.15) is 38.3 Å². The fourth-order valence-corrected chi connectivity index (χ4v) is 5.06. The largest absolute Gasteiger partial charge is 0.417 e. The molecule has 0 unspecified atom stereocenters. The molecule has 0 radical (unpaired) electrons. The van der Waals surface area contributed by atoms with Crippen LogP contribution in [0.5, 0.6) is 0 Å². The number of hydrazine groups is 2. The van der Waals surface area contributed by atoms with Crippen LogP contribution in [0.15, 0.2) is 42.7 Å². The first-order valence-corrected chi connectivity index (χ1v) is 12.9. The van der Waals surface area contributed by atoms with Gasteiger partial charge in [-0.05, 0) is 49.2 Å². The van der Waals surface area contributed by atoms with Gasteiger partial charge >= 0.3 is 6.18 Å². The first-order chi connectivity index (χ1) is 18.8. The van der Waals surface area contributed by atoms with E-state index in [2.05, 4.69) is 15.8 Å². The zero-order valence-corrected chi connectivity index (χ0v) is 23.1. The average molecular weight is 576 g/mol. The van der Waals surface area contributed by atoms with Crippen LogP contribution in [-0.4, -0.2) is 57.1 Å². The normalized spacial score (nSPS) is 16.6. The number of rotatable bonds is 6. The fraction of sp³-hybridized carbons (Fsp3) is 0.333. The third-order valence-corrected chi connectivity index (χ3v) is 7.59. The highest BCUT2D eigenvalue weighted by Gasteiger charge is 2.36. The van der Waals surface area contributed by atoms with Crippen molar-refractivity contribution in [2.45, 2.75) is 32.7 Å². The SMILES string of the molecule is Cc1ccc(C(=O)Nc2cc(CN3CC(O)C3)c(Cl)c(C(F)(F)F)c2)cc1N1C=C(c2cnn(C)c2C)NN1C. The van der Waals surface area contributed by atoms with Gasteiger partial charge in [-0.15, -0.1) is 5.12 Å². The first kappa shape index (κ1) is 28.0. The Balaban J connectivity index is 1.42. The Kier molecular flexibility index (Phi) is 7.29. The lowest BCUT2D eigenvalue weighted by atomic mass is 10.0. The number of hydrogen-bond donors (Lipinski definition) is 3. The van der Waals surface area contributed by atoms with E-state index in [1.54, 1.807) is 39.1 Å². The summed E-state index contributed by atoms with van der Waals surface area (Å²) in [7, 11) is 3.69. The van der Waals surface area contributed by atoms with Gasteiger partial charge in [0, 0.05) is 62.4 Å². The number of alkyl halides is 3. The maximum atomic E-state index is 13.8. The summed E-state index contributed by atoms with van der Waals surface area (Å²) in [5.74, 6) is -0.566. The van der Waals surface area contributed by atoms with Crippen molar-refractivity contribution in [3.63, 3.8) is 0 Å². The molecule has 0 bridgehead atoms. The second kappa shape index (κ2) is 10.4. The van der Waals surface area contributed by atoms with Crippen LogP contribution >= 0.6 is 11.6 Å². The highest BCUT2D eigenvalue weighted by atomic mass is 35.5. The number of β-amino-alcohol motifs (C(OH)–C–C–N with tert-alkyl or cyclic N) is 1. The summed E-state index contributed by atoms with van der Waals surface area (Å²) in [6.45, 7) is 4.67. The molecule has 3 N–H and O–H groups in total. The number of aryl methyl sites for hydroxylation is 2. The van der Waals surface area contributed by atoms with Gasteiger partial charge in [0.15, 0.2) is 0 Å². The Morgan fingerprint density at radius 2 is 1.93 bits per heavy atom. The molecule has 3 heterocycles. The van der Waals surface area contributed by atoms with Gasteiger partial charge in [0.25, 0.3) is 5.91 Å². The Labute approximate surface area is 234 Å². The number of aliphatic hydroxyl groups excluding tert-OH is 1. The zero-order chi connectivity index (χ0) is 28.9. The number of likely N-dealkylation sites (tertiary alicyclic amines) is 1. The number of hydrogen-bond acceptors (Lipinski definition) is 7. The number of carbonyl (C=O) groups excluding carboxylic acids is 1. The smallest absolute Gasteiger partial charge is 0.390 e. The number of nitrogens with one attached hydrogen (secondary N) is 2. The number of aromatic nitrogens is 2. The topological polar surface area (TPSA) is 88.9 Å². The van der Waals surface area contributed by atoms with Crippen LogP contribution in [0.25, 0.3) is 5.70 Å². The third-order valence-electron chi connectivity index (χ3n) is 7.14. The van der Waals surface area contributed by atoms with E-state index in [1.807, 2.05) is 39.2 Å². The Morgan fingerprint density at radius 3 is 2.55 bits per heavy atom. The van der Waals surface area contributed by atoms with E-state index in [0.29, 0.717) is 18.8 Å². The van der Waals surface area contributed by atoms with Crippen molar-refractivity contribution < 1.29 is 23.1 Å². The van der Waals surface area contributed by atoms with Crippen molar-refractivity contribution in [2.75, 3.05) is 30.5 Å². The minimum absolute atomic E-state index is 0.0193. The van der Waals surface area contributed by atoms with Crippen LogP contribution in [0.2, 0.25) is 5.02 Å². The van der Waals surface area contributed by atoms with E-state index in [1.165, 1.54) is 6.07 Å². The monoisotopic (exact) mass is 575 g/mol. The van der Waals surface area contributed by atoms with Crippen molar-refractivity contribution in [1.82, 2.24) is 25.2 Å². The summed E-state index contributed by atoms with van der Waals surface area (Å²) in [6.07, 6.45) is -1.56. The zero-order valence-electron chi connectivity index (χ0n) is 22.3. The molecule has 40 heavy (non-hydrogen) atoms. The highest BCUT2D eigenvalue weighted by Crippen LogP contribution is 2.39. The lowest BCUT2D eigenvalue weighted by Gasteiger charge is -2.36. The molecule has 1 saturated heterocycles. The van der Waals surface area contributed by atoms with Gasteiger partial charge in [-0.1, -0.05) is 17.7 Å². The standard InChI is InChI=1S/C27H29ClF3N7O2/c1-15-5-6-17(8-24(15)38-14-23(34-36(38)4)21-10-32-35(3)16(21)2)26(40)33-19-7-18(11-37-12-20(39)13-37)25(28)22(9-19)27(29,30)31/h5-10,14,20,34,39H,11-13H2,1-4H3,(H,33,40). The summed E-state index contributed by atoms with van der Waals surface area (Å²) >= 11 is 6.12. The van der Waals surface area contributed by atoms with Crippen molar-refractivity contribution in [3.05, 3.63) is 81.3 Å². The van der Waals surface area contributed by atoms with Crippen molar-refractivity contribution in [1.29, 1.82) is 0 Å². The van der Waals surface area contributed by atoms with E-state index in [9.17, 15) is 23.1 Å². The Hall–Kier alpha value is -3.58. The number of halogens is 4. The van der Waals surface area contributed by atoms with Gasteiger partial charge in [0.1, 0.15) is 0 Å². The second-order valence-corrected chi connectivity index (χ2v) is 10.5. The summed E-state index contributed by atoms with van der Waals surface area (Å²) < 4.78 is 43.1. The van der Waals surface area contributed by atoms with Gasteiger partial charge in [0.05, 0.1) is 34.3 Å². The van der Waals surface area contributed by atoms with E-state index >= 15 is 0 Å². The summed E-state index contributed by atoms with van der Waals surface area (Å²) in [4.78, 5) is 15.0. The predicted octanol–water partition coefficient (Wildman–Crippen LogP) is 4.31. The number of carbonyl (C=O) groups is 1. The predicted molar refractivity (Wildman–Crippen MR) is 146 cm³/mol. The molecular weight excluding hydrogens is 547 g/mol. The van der Waals surface area contributed by atoms with Gasteiger partial charge in [0.2, 0.25) is 0 Å². The minimum atomic E-state index is -4.71. The minimum Gasteiger partial charge on any atom is -0.390 e. The van der Waals surface area contributed by atoms with Crippen LogP contribution in [-0.2, 0) is 19.8 Å². The molecular formula is C27H29ClF3N7O2. The van der Waals surface area contributed by atoms with Crippen LogP contribution < -0.4 is 15.8 Å². The van der Waals surface area contributed by atoms with Gasteiger partial charge in [-0.2, -0.15) is 18.3 Å². The molecule has 0 atom stereocenters. The maximum Gasteiger partial charge on any atom is 0.417 e. The van der Waals surface area contributed by atoms with Gasteiger partial charge in [-0.25, -0.2) is 0 Å². The summed E-state index contributed by atoms with van der Waals surface area (Å²) in [5, 5.41) is 19.6. The molecule has 3 aromatic rings. The van der Waals surface area contributed by atoms with E-state index < -0.39 is 28.8 Å². The Morgan fingerprint density at radius 1 is 1.20 bits per heavy atom. The van der Waals surface area contributed by atoms with Crippen LogP contribution in [0, 0.1) is 13.8 Å². The number of aliphatic hydroxyl groups is 1. The molecule has 1 aromatic heterocycles. The average Bonchev–Trinajstić information content (AvgIpc) is 3.40. The maximum absolute atomic E-state index is 13.8. The molecule has 2 aliphatic rings. The van der Waals surface area contributed by atoms with Crippen LogP contribution in [0.3, 0.4) is 0 Å². The second-order valence-electron chi connectivity index (χ2n) is 10.1. The Bertz CT molecular complexity index is 1500. The molecule has 0 saturated carbocycles. The van der Waals surface area contributed by atoms with Crippen molar-refractivity contribution >= 4 is 34.6 Å². The van der Waals surface area contributed by atoms with Crippen molar-refractivity contribution in [3.8, 4) is 0 Å².